The van der Waals surface area contributed by atoms with E-state index in [-0.39, 0.29) is 23.2 Å². The summed E-state index contributed by atoms with van der Waals surface area (Å²) in [5, 5.41) is 2.37. The molecule has 1 amide bonds. The molecular formula is C11H15FN2O2S. The van der Waals surface area contributed by atoms with Crippen molar-refractivity contribution in [2.24, 2.45) is 5.73 Å². The molecule has 17 heavy (non-hydrogen) atoms. The van der Waals surface area contributed by atoms with E-state index < -0.39 is 22.5 Å². The zero-order chi connectivity index (χ0) is 12.8. The minimum Gasteiger partial charge on any atom is -0.327 e. The molecule has 0 aromatic heterocycles. The summed E-state index contributed by atoms with van der Waals surface area (Å²) >= 11 is 0. The minimum absolute atomic E-state index is 0.0929. The van der Waals surface area contributed by atoms with Gasteiger partial charge in [-0.3, -0.25) is 9.00 Å². The van der Waals surface area contributed by atoms with Gasteiger partial charge in [0, 0.05) is 22.6 Å². The average Bonchev–Trinajstić information content (AvgIpc) is 2.19. The molecule has 1 rings (SSSR count). The summed E-state index contributed by atoms with van der Waals surface area (Å²) in [7, 11) is -1.32. The molecule has 94 valence electrons. The highest BCUT2D eigenvalue weighted by molar-refractivity contribution is 7.85. The van der Waals surface area contributed by atoms with Crippen LogP contribution >= 0.6 is 0 Å². The van der Waals surface area contributed by atoms with Gasteiger partial charge in [0.25, 0.3) is 0 Å². The number of amides is 1. The fraction of sp³-hybridized carbons (Fsp3) is 0.364. The molecule has 0 heterocycles. The van der Waals surface area contributed by atoms with Gasteiger partial charge in [-0.05, 0) is 19.1 Å². The zero-order valence-corrected chi connectivity index (χ0v) is 10.3. The molecule has 0 fully saturated rings. The Kier molecular flexibility index (Phi) is 5.24. The van der Waals surface area contributed by atoms with Crippen LogP contribution in [0, 0.1) is 5.82 Å². The quantitative estimate of drug-likeness (QED) is 0.822. The average molecular weight is 258 g/mol. The van der Waals surface area contributed by atoms with Crippen molar-refractivity contribution in [1.82, 2.24) is 0 Å². The van der Waals surface area contributed by atoms with E-state index in [1.807, 2.05) is 0 Å². The van der Waals surface area contributed by atoms with Gasteiger partial charge in [0.2, 0.25) is 5.91 Å². The van der Waals surface area contributed by atoms with Crippen molar-refractivity contribution in [3.05, 3.63) is 30.1 Å². The maximum Gasteiger partial charge on any atom is 0.237 e. The van der Waals surface area contributed by atoms with E-state index in [4.69, 9.17) is 5.73 Å². The predicted molar refractivity (Wildman–Crippen MR) is 66.6 cm³/mol. The molecule has 1 aromatic carbocycles. The number of benzene rings is 1. The number of nitrogens with one attached hydrogen (secondary N) is 1. The first-order valence-electron chi connectivity index (χ1n) is 5.14. The lowest BCUT2D eigenvalue weighted by Crippen LogP contribution is -2.28. The standard InChI is InChI=1S/C11H15FN2O2S/c1-8(13)6-17(16)7-11(15)14-10-5-3-2-4-9(10)12/h2-5,8H,6-7,13H2,1H3,(H,14,15). The van der Waals surface area contributed by atoms with Crippen molar-refractivity contribution in [2.45, 2.75) is 13.0 Å². The molecule has 0 aliphatic carbocycles. The van der Waals surface area contributed by atoms with E-state index in [2.05, 4.69) is 5.32 Å². The van der Waals surface area contributed by atoms with Gasteiger partial charge in [-0.25, -0.2) is 4.39 Å². The SMILES string of the molecule is CC(N)CS(=O)CC(=O)Nc1ccccc1F. The van der Waals surface area contributed by atoms with Gasteiger partial charge < -0.3 is 11.1 Å². The zero-order valence-electron chi connectivity index (χ0n) is 9.48. The van der Waals surface area contributed by atoms with Crippen LogP contribution in [0.15, 0.2) is 24.3 Å². The summed E-state index contributed by atoms with van der Waals surface area (Å²) in [6.07, 6.45) is 0. The number of hydrogen-bond acceptors (Lipinski definition) is 3. The second-order valence-electron chi connectivity index (χ2n) is 3.76. The summed E-state index contributed by atoms with van der Waals surface area (Å²) in [4.78, 5) is 11.4. The van der Waals surface area contributed by atoms with E-state index in [1.54, 1.807) is 13.0 Å². The molecule has 0 saturated carbocycles. The van der Waals surface area contributed by atoms with Crippen LogP contribution in [0.1, 0.15) is 6.92 Å². The number of rotatable bonds is 5. The molecule has 0 bridgehead atoms. The molecule has 1 aromatic rings. The predicted octanol–water partition coefficient (Wildman–Crippen LogP) is 0.860. The van der Waals surface area contributed by atoms with Crippen molar-refractivity contribution < 1.29 is 13.4 Å². The van der Waals surface area contributed by atoms with Crippen LogP contribution in [0.25, 0.3) is 0 Å². The highest BCUT2D eigenvalue weighted by Gasteiger charge is 2.11. The Morgan fingerprint density at radius 2 is 2.18 bits per heavy atom. The number of carbonyl (C=O) groups excluding carboxylic acids is 1. The van der Waals surface area contributed by atoms with Gasteiger partial charge in [0.05, 0.1) is 5.69 Å². The third-order valence-electron chi connectivity index (χ3n) is 1.89. The molecule has 0 radical (unpaired) electrons. The molecule has 3 N–H and O–H groups in total. The van der Waals surface area contributed by atoms with Crippen LogP contribution in [0.3, 0.4) is 0 Å². The summed E-state index contributed by atoms with van der Waals surface area (Å²) < 4.78 is 24.6. The Balaban J connectivity index is 2.51. The van der Waals surface area contributed by atoms with E-state index in [0.29, 0.717) is 0 Å². The molecule has 0 aliphatic heterocycles. The third-order valence-corrected chi connectivity index (χ3v) is 3.37. The highest BCUT2D eigenvalue weighted by Crippen LogP contribution is 2.12. The van der Waals surface area contributed by atoms with Gasteiger partial charge in [-0.1, -0.05) is 12.1 Å². The monoisotopic (exact) mass is 258 g/mol. The van der Waals surface area contributed by atoms with Gasteiger partial charge in [-0.15, -0.1) is 0 Å². The Bertz CT molecular complexity index is 424. The minimum atomic E-state index is -1.32. The van der Waals surface area contributed by atoms with Crippen LogP contribution in [0.5, 0.6) is 0 Å². The van der Waals surface area contributed by atoms with Crippen LogP contribution < -0.4 is 11.1 Å². The van der Waals surface area contributed by atoms with Gasteiger partial charge in [0.15, 0.2) is 0 Å². The second-order valence-corrected chi connectivity index (χ2v) is 5.26. The first-order valence-corrected chi connectivity index (χ1v) is 6.62. The smallest absolute Gasteiger partial charge is 0.237 e. The van der Waals surface area contributed by atoms with Gasteiger partial charge in [-0.2, -0.15) is 0 Å². The van der Waals surface area contributed by atoms with Gasteiger partial charge >= 0.3 is 0 Å². The lowest BCUT2D eigenvalue weighted by molar-refractivity contribution is -0.113. The number of halogens is 1. The fourth-order valence-corrected chi connectivity index (χ4v) is 2.32. The maximum absolute atomic E-state index is 13.2. The molecule has 0 spiro atoms. The lowest BCUT2D eigenvalue weighted by atomic mass is 10.3. The summed E-state index contributed by atoms with van der Waals surface area (Å²) in [6.45, 7) is 1.71. The lowest BCUT2D eigenvalue weighted by Gasteiger charge is -2.07. The second kappa shape index (κ2) is 6.46. The van der Waals surface area contributed by atoms with E-state index in [1.165, 1.54) is 18.2 Å². The van der Waals surface area contributed by atoms with Crippen LogP contribution in [-0.4, -0.2) is 27.7 Å². The topological polar surface area (TPSA) is 72.2 Å². The molecular weight excluding hydrogens is 243 g/mol. The highest BCUT2D eigenvalue weighted by atomic mass is 32.2. The summed E-state index contributed by atoms with van der Waals surface area (Å²) in [5.74, 6) is -0.909. The Hall–Kier alpha value is -1.27. The molecule has 6 heteroatoms. The molecule has 4 nitrogen and oxygen atoms in total. The normalized spacial score (nSPS) is 14.1. The number of carbonyl (C=O) groups is 1. The molecule has 2 atom stereocenters. The van der Waals surface area contributed by atoms with Crippen LogP contribution in [-0.2, 0) is 15.6 Å². The summed E-state index contributed by atoms with van der Waals surface area (Å²) in [6, 6.07) is 5.60. The summed E-state index contributed by atoms with van der Waals surface area (Å²) in [5.41, 5.74) is 5.55. The van der Waals surface area contributed by atoms with Crippen molar-refractivity contribution >= 4 is 22.4 Å². The van der Waals surface area contributed by atoms with Crippen molar-refractivity contribution in [1.29, 1.82) is 0 Å². The Morgan fingerprint density at radius 1 is 1.53 bits per heavy atom. The molecule has 0 saturated heterocycles. The van der Waals surface area contributed by atoms with Crippen molar-refractivity contribution in [2.75, 3.05) is 16.8 Å². The number of anilines is 1. The number of hydrogen-bond donors (Lipinski definition) is 2. The van der Waals surface area contributed by atoms with E-state index >= 15 is 0 Å². The van der Waals surface area contributed by atoms with Crippen LogP contribution in [0.4, 0.5) is 10.1 Å². The number of para-hydroxylation sites is 1. The maximum atomic E-state index is 13.2. The van der Waals surface area contributed by atoms with E-state index in [9.17, 15) is 13.4 Å². The molecule has 0 aliphatic rings. The fourth-order valence-electron chi connectivity index (χ4n) is 1.25. The van der Waals surface area contributed by atoms with Gasteiger partial charge in [0.1, 0.15) is 11.6 Å². The Morgan fingerprint density at radius 3 is 2.76 bits per heavy atom. The van der Waals surface area contributed by atoms with Crippen molar-refractivity contribution in [3.63, 3.8) is 0 Å². The first kappa shape index (κ1) is 13.8. The first-order chi connectivity index (χ1) is 7.99. The largest absolute Gasteiger partial charge is 0.327 e. The molecule has 2 unspecified atom stereocenters. The van der Waals surface area contributed by atoms with E-state index in [0.717, 1.165) is 0 Å². The van der Waals surface area contributed by atoms with Crippen LogP contribution in [0.2, 0.25) is 0 Å². The Labute approximate surface area is 102 Å². The van der Waals surface area contributed by atoms with Crippen molar-refractivity contribution in [3.8, 4) is 0 Å². The number of nitrogens with two attached hydrogens (primary N) is 1. The third kappa shape index (κ3) is 5.06.